The molecule has 6 rings (SSSR count). The van der Waals surface area contributed by atoms with Crippen LogP contribution < -0.4 is 14.8 Å². The van der Waals surface area contributed by atoms with E-state index in [0.29, 0.717) is 38.1 Å². The first kappa shape index (κ1) is 31.0. The van der Waals surface area contributed by atoms with Gasteiger partial charge in [0, 0.05) is 31.6 Å². The molecule has 1 atom stereocenters. The number of amides is 1. The number of hydrogen-bond donors (Lipinski definition) is 1. The molecule has 1 N–H and O–H groups in total. The van der Waals surface area contributed by atoms with Gasteiger partial charge in [0.2, 0.25) is 11.8 Å². The van der Waals surface area contributed by atoms with E-state index in [1.165, 1.54) is 0 Å². The van der Waals surface area contributed by atoms with Crippen molar-refractivity contribution in [3.63, 3.8) is 0 Å². The van der Waals surface area contributed by atoms with Crippen molar-refractivity contribution < 1.29 is 19.0 Å². The summed E-state index contributed by atoms with van der Waals surface area (Å²) in [6.07, 6.45) is 1.62. The minimum atomic E-state index is -0.529. The summed E-state index contributed by atoms with van der Waals surface area (Å²) in [4.78, 5) is 19.5. The molecule has 1 saturated heterocycles. The van der Waals surface area contributed by atoms with Gasteiger partial charge >= 0.3 is 6.09 Å². The smallest absolute Gasteiger partial charge is 0.410 e. The molecule has 0 bridgehead atoms. The first-order chi connectivity index (χ1) is 22.2. The number of pyridine rings is 1. The van der Waals surface area contributed by atoms with Crippen molar-refractivity contribution in [2.75, 3.05) is 18.4 Å². The highest BCUT2D eigenvalue weighted by atomic mass is 16.6. The topological polar surface area (TPSA) is 90.7 Å². The van der Waals surface area contributed by atoms with Gasteiger partial charge in [-0.15, -0.1) is 0 Å². The minimum Gasteiger partial charge on any atom is -0.473 e. The number of benzene rings is 3. The van der Waals surface area contributed by atoms with Gasteiger partial charge in [0.1, 0.15) is 24.5 Å². The molecule has 46 heavy (non-hydrogen) atoms. The summed E-state index contributed by atoms with van der Waals surface area (Å²) in [7, 11) is 1.94. The van der Waals surface area contributed by atoms with Gasteiger partial charge in [-0.05, 0) is 56.9 Å². The second-order valence-electron chi connectivity index (χ2n) is 12.6. The van der Waals surface area contributed by atoms with Crippen LogP contribution in [0.15, 0.2) is 91.0 Å². The Morgan fingerprint density at radius 3 is 2.28 bits per heavy atom. The maximum atomic E-state index is 12.9. The molecule has 9 heteroatoms. The molecule has 3 aromatic carbocycles. The number of nitrogens with zero attached hydrogens (tertiary/aromatic N) is 4. The van der Waals surface area contributed by atoms with E-state index in [-0.39, 0.29) is 12.1 Å². The van der Waals surface area contributed by atoms with Gasteiger partial charge in [-0.3, -0.25) is 4.68 Å². The van der Waals surface area contributed by atoms with Crippen LogP contribution in [-0.2, 0) is 25.0 Å². The zero-order valence-corrected chi connectivity index (χ0v) is 26.9. The summed E-state index contributed by atoms with van der Waals surface area (Å²) in [5, 5.41) is 9.53. The zero-order chi connectivity index (χ0) is 32.1. The molecule has 0 spiro atoms. The molecular weight excluding hydrogens is 578 g/mol. The molecule has 1 aliphatic rings. The van der Waals surface area contributed by atoms with Crippen molar-refractivity contribution in [1.82, 2.24) is 19.7 Å². The summed E-state index contributed by atoms with van der Waals surface area (Å²) in [5.41, 5.74) is 5.01. The van der Waals surface area contributed by atoms with E-state index >= 15 is 0 Å². The fraction of sp³-hybridized carbons (Fsp3) is 0.324. The molecule has 0 saturated carbocycles. The number of likely N-dealkylation sites (tertiary alicyclic amines) is 1. The highest BCUT2D eigenvalue weighted by molar-refractivity contribution is 6.00. The van der Waals surface area contributed by atoms with Gasteiger partial charge in [0.25, 0.3) is 0 Å². The van der Waals surface area contributed by atoms with Crippen molar-refractivity contribution >= 4 is 22.7 Å². The summed E-state index contributed by atoms with van der Waals surface area (Å²) in [5.74, 6) is 0.927. The molecule has 0 radical (unpaired) electrons. The monoisotopic (exact) mass is 619 g/mol. The Hall–Kier alpha value is -5.05. The lowest BCUT2D eigenvalue weighted by molar-refractivity contribution is 0.0235. The number of aromatic nitrogens is 3. The van der Waals surface area contributed by atoms with Gasteiger partial charge in [-0.1, -0.05) is 72.8 Å². The molecule has 1 amide bonds. The first-order valence-electron chi connectivity index (χ1n) is 15.8. The van der Waals surface area contributed by atoms with Crippen LogP contribution in [0.5, 0.6) is 11.8 Å². The fourth-order valence-electron chi connectivity index (χ4n) is 5.77. The third kappa shape index (κ3) is 7.25. The molecule has 3 heterocycles. The Labute approximate surface area is 270 Å². The highest BCUT2D eigenvalue weighted by Crippen LogP contribution is 2.37. The molecule has 5 aromatic rings. The van der Waals surface area contributed by atoms with E-state index in [4.69, 9.17) is 24.3 Å². The number of nitrogens with one attached hydrogen (secondary N) is 1. The molecule has 0 aliphatic carbocycles. The lowest BCUT2D eigenvalue weighted by Gasteiger charge is -2.29. The van der Waals surface area contributed by atoms with E-state index in [1.807, 2.05) is 122 Å². The maximum absolute atomic E-state index is 12.9. The quantitative estimate of drug-likeness (QED) is 0.172. The van der Waals surface area contributed by atoms with E-state index in [9.17, 15) is 4.79 Å². The minimum absolute atomic E-state index is 0.0448. The number of hydrogen-bond acceptors (Lipinski definition) is 7. The Kier molecular flexibility index (Phi) is 9.10. The average Bonchev–Trinajstić information content (AvgIpc) is 3.67. The third-order valence-corrected chi connectivity index (χ3v) is 7.94. The van der Waals surface area contributed by atoms with Crippen molar-refractivity contribution in [3.05, 3.63) is 102 Å². The number of para-hydroxylation sites is 1. The van der Waals surface area contributed by atoms with Crippen LogP contribution in [0.1, 0.15) is 44.7 Å². The van der Waals surface area contributed by atoms with E-state index in [0.717, 1.165) is 51.8 Å². The normalized spacial score (nSPS) is 14.8. The predicted octanol–water partition coefficient (Wildman–Crippen LogP) is 7.60. The standard InChI is InChI=1S/C37H41N5O4/c1-37(2,3)46-36(43)42-22-12-17-28(42)23-38-31-19-11-18-29-33(40-41(4)34(29)31)30-20-21-32(44-24-26-13-7-5-8-14-26)39-35(30)45-25-27-15-9-6-10-16-27/h5-11,13-16,18-21,28,38H,12,17,22-25H2,1-4H3/t28-/m0/s1. The number of aryl methyl sites for hydroxylation is 1. The largest absolute Gasteiger partial charge is 0.473 e. The predicted molar refractivity (Wildman–Crippen MR) is 180 cm³/mol. The molecule has 238 valence electrons. The third-order valence-electron chi connectivity index (χ3n) is 7.94. The lowest BCUT2D eigenvalue weighted by atomic mass is 10.1. The summed E-state index contributed by atoms with van der Waals surface area (Å²) in [6.45, 7) is 7.76. The van der Waals surface area contributed by atoms with E-state index in [2.05, 4.69) is 11.4 Å². The maximum Gasteiger partial charge on any atom is 0.410 e. The van der Waals surface area contributed by atoms with Crippen LogP contribution in [0, 0.1) is 0 Å². The van der Waals surface area contributed by atoms with Crippen LogP contribution in [0.4, 0.5) is 10.5 Å². The van der Waals surface area contributed by atoms with Crippen LogP contribution >= 0.6 is 0 Å². The highest BCUT2D eigenvalue weighted by Gasteiger charge is 2.32. The van der Waals surface area contributed by atoms with Crippen molar-refractivity contribution in [2.24, 2.45) is 7.05 Å². The fourth-order valence-corrected chi connectivity index (χ4v) is 5.77. The number of carbonyl (C=O) groups excluding carboxylic acids is 1. The molecule has 2 aromatic heterocycles. The number of fused-ring (bicyclic) bond motifs is 1. The van der Waals surface area contributed by atoms with Gasteiger partial charge in [-0.25, -0.2) is 4.79 Å². The van der Waals surface area contributed by atoms with Gasteiger partial charge < -0.3 is 24.4 Å². The van der Waals surface area contributed by atoms with Crippen LogP contribution in [0.3, 0.4) is 0 Å². The van der Waals surface area contributed by atoms with Gasteiger partial charge in [-0.2, -0.15) is 10.1 Å². The molecule has 1 fully saturated rings. The second kappa shape index (κ2) is 13.5. The van der Waals surface area contributed by atoms with Gasteiger partial charge in [0.05, 0.1) is 22.8 Å². The van der Waals surface area contributed by atoms with Crippen molar-refractivity contribution in [1.29, 1.82) is 0 Å². The number of rotatable bonds is 10. The van der Waals surface area contributed by atoms with E-state index < -0.39 is 5.60 Å². The Balaban J connectivity index is 1.27. The Morgan fingerprint density at radius 1 is 0.891 bits per heavy atom. The molecular formula is C37H41N5O4. The first-order valence-corrected chi connectivity index (χ1v) is 15.8. The second-order valence-corrected chi connectivity index (χ2v) is 12.6. The molecule has 1 aliphatic heterocycles. The van der Waals surface area contributed by atoms with Crippen molar-refractivity contribution in [3.8, 4) is 23.0 Å². The Bertz CT molecular complexity index is 1780. The summed E-state index contributed by atoms with van der Waals surface area (Å²) in [6, 6.07) is 30.0. The number of anilines is 1. The molecule has 0 unspecified atom stereocenters. The summed E-state index contributed by atoms with van der Waals surface area (Å²) >= 11 is 0. The lowest BCUT2D eigenvalue weighted by Crippen LogP contribution is -2.42. The van der Waals surface area contributed by atoms with Crippen LogP contribution in [-0.4, -0.2) is 50.5 Å². The van der Waals surface area contributed by atoms with Gasteiger partial charge in [0.15, 0.2) is 0 Å². The zero-order valence-electron chi connectivity index (χ0n) is 26.9. The van der Waals surface area contributed by atoms with Crippen molar-refractivity contribution in [2.45, 2.75) is 58.5 Å². The average molecular weight is 620 g/mol. The van der Waals surface area contributed by atoms with Crippen LogP contribution in [0.2, 0.25) is 0 Å². The SMILES string of the molecule is Cn1nc(-c2ccc(OCc3ccccc3)nc2OCc2ccccc2)c2cccc(NC[C@@H]3CCCN3C(=O)OC(C)(C)C)c21. The summed E-state index contributed by atoms with van der Waals surface area (Å²) < 4.78 is 19.9. The van der Waals surface area contributed by atoms with Crippen LogP contribution in [0.25, 0.3) is 22.2 Å². The number of ether oxygens (including phenoxy) is 3. The number of carbonyl (C=O) groups is 1. The Morgan fingerprint density at radius 2 is 1.59 bits per heavy atom. The van der Waals surface area contributed by atoms with E-state index in [1.54, 1.807) is 0 Å². The molecule has 9 nitrogen and oxygen atoms in total.